The summed E-state index contributed by atoms with van der Waals surface area (Å²) in [6, 6.07) is 0. The van der Waals surface area contributed by atoms with Crippen LogP contribution in [0.2, 0.25) is 0 Å². The molecule has 2 nitrogen and oxygen atoms in total. The Balaban J connectivity index is 3.71. The van der Waals surface area contributed by atoms with Crippen LogP contribution in [0.5, 0.6) is 0 Å². The fourth-order valence-corrected chi connectivity index (χ4v) is 0.183. The third kappa shape index (κ3) is 1.80. The molecule has 0 aliphatic heterocycles. The maximum atomic E-state index is 5.47. The lowest BCUT2D eigenvalue weighted by Crippen LogP contribution is -2.44. The van der Waals surface area contributed by atoms with E-state index in [2.05, 4.69) is 18.7 Å². The van der Waals surface area contributed by atoms with Gasteiger partial charge in [-0.25, -0.2) is 0 Å². The molecule has 0 heterocycles. The lowest BCUT2D eigenvalue weighted by molar-refractivity contribution is 0.204. The quantitative estimate of drug-likeness (QED) is 0.561. The van der Waals surface area contributed by atoms with E-state index in [1.54, 1.807) is 0 Å². The Morgan fingerprint density at radius 3 is 1.75 bits per heavy atom. The predicted molar refractivity (Wildman–Crippen MR) is 36.8 cm³/mol. The smallest absolute Gasteiger partial charge is 0.0269 e. The molecular formula is C6H16N2. The lowest BCUT2D eigenvalue weighted by atomic mass is 10.1. The Morgan fingerprint density at radius 2 is 1.75 bits per heavy atom. The number of nitrogens with zero attached hydrogens (tertiary/aromatic N) is 1. The molecule has 8 heavy (non-hydrogen) atoms. The van der Waals surface area contributed by atoms with Crippen LogP contribution >= 0.6 is 0 Å². The summed E-state index contributed by atoms with van der Waals surface area (Å²) in [6.45, 7) is 4.94. The fraction of sp³-hybridized carbons (Fsp3) is 1.00. The molecule has 0 aliphatic carbocycles. The molecule has 0 bridgehead atoms. The molecule has 2 heteroatoms. The summed E-state index contributed by atoms with van der Waals surface area (Å²) >= 11 is 0. The van der Waals surface area contributed by atoms with Crippen molar-refractivity contribution in [2.45, 2.75) is 19.4 Å². The minimum absolute atomic E-state index is 0.153. The third-order valence-corrected chi connectivity index (χ3v) is 1.71. The second-order valence-corrected chi connectivity index (χ2v) is 2.91. The molecule has 0 fully saturated rings. The zero-order valence-electron chi connectivity index (χ0n) is 6.23. The van der Waals surface area contributed by atoms with Crippen LogP contribution in [0.15, 0.2) is 0 Å². The van der Waals surface area contributed by atoms with Gasteiger partial charge in [-0.05, 0) is 27.9 Å². The van der Waals surface area contributed by atoms with Crippen molar-refractivity contribution in [2.24, 2.45) is 5.73 Å². The molecule has 2 N–H and O–H groups in total. The molecule has 0 saturated carbocycles. The zero-order valence-corrected chi connectivity index (χ0v) is 6.23. The van der Waals surface area contributed by atoms with E-state index in [1.807, 2.05) is 14.1 Å². The summed E-state index contributed by atoms with van der Waals surface area (Å²) in [4.78, 5) is 2.12. The van der Waals surface area contributed by atoms with Gasteiger partial charge in [-0.3, -0.25) is 0 Å². The Labute approximate surface area is 51.7 Å². The van der Waals surface area contributed by atoms with Crippen LogP contribution in [0.1, 0.15) is 13.8 Å². The van der Waals surface area contributed by atoms with Gasteiger partial charge in [-0.1, -0.05) is 0 Å². The van der Waals surface area contributed by atoms with Gasteiger partial charge in [0.15, 0.2) is 0 Å². The average molecular weight is 116 g/mol. The Kier molecular flexibility index (Phi) is 2.44. The molecule has 0 unspecified atom stereocenters. The van der Waals surface area contributed by atoms with Crippen LogP contribution in [0.3, 0.4) is 0 Å². The molecule has 0 amide bonds. The first-order valence-corrected chi connectivity index (χ1v) is 2.88. The summed E-state index contributed by atoms with van der Waals surface area (Å²) in [6.07, 6.45) is 0. The topological polar surface area (TPSA) is 29.3 Å². The van der Waals surface area contributed by atoms with Crippen molar-refractivity contribution in [3.8, 4) is 0 Å². The molecule has 0 rings (SSSR count). The maximum absolute atomic E-state index is 5.47. The Hall–Kier alpha value is -0.0800. The van der Waals surface area contributed by atoms with E-state index in [0.29, 0.717) is 6.54 Å². The van der Waals surface area contributed by atoms with E-state index < -0.39 is 0 Å². The first-order chi connectivity index (χ1) is 3.50. The molecule has 0 spiro atoms. The van der Waals surface area contributed by atoms with Gasteiger partial charge in [0.2, 0.25) is 0 Å². The number of hydrogen-bond donors (Lipinski definition) is 1. The molecule has 0 atom stereocenters. The third-order valence-electron chi connectivity index (χ3n) is 1.71. The molecule has 0 aliphatic rings. The molecule has 0 saturated heterocycles. The van der Waals surface area contributed by atoms with Crippen LogP contribution in [0.25, 0.3) is 0 Å². The van der Waals surface area contributed by atoms with Crippen LogP contribution in [-0.2, 0) is 0 Å². The first-order valence-electron chi connectivity index (χ1n) is 2.88. The van der Waals surface area contributed by atoms with Crippen molar-refractivity contribution in [1.29, 1.82) is 0 Å². The van der Waals surface area contributed by atoms with Gasteiger partial charge < -0.3 is 10.6 Å². The lowest BCUT2D eigenvalue weighted by Gasteiger charge is -2.30. The predicted octanol–water partition coefficient (Wildman–Crippen LogP) is 0.285. The highest BCUT2D eigenvalue weighted by Crippen LogP contribution is 2.05. The standard InChI is InChI=1S/C6H16N2/c1-6(2,5-7)8(3)4/h5,7H2,1-4H3. The summed E-state index contributed by atoms with van der Waals surface area (Å²) in [5, 5.41) is 0. The summed E-state index contributed by atoms with van der Waals surface area (Å²) in [5.74, 6) is 0. The summed E-state index contributed by atoms with van der Waals surface area (Å²) in [7, 11) is 4.07. The number of likely N-dealkylation sites (N-methyl/N-ethyl adjacent to an activating group) is 1. The van der Waals surface area contributed by atoms with Crippen LogP contribution < -0.4 is 5.73 Å². The molecule has 50 valence electrons. The second kappa shape index (κ2) is 2.46. The SMILES string of the molecule is CN(C)C(C)(C)CN. The van der Waals surface area contributed by atoms with Gasteiger partial charge in [-0.15, -0.1) is 0 Å². The van der Waals surface area contributed by atoms with Gasteiger partial charge in [0, 0.05) is 12.1 Å². The van der Waals surface area contributed by atoms with Gasteiger partial charge in [0.05, 0.1) is 0 Å². The van der Waals surface area contributed by atoms with E-state index in [0.717, 1.165) is 0 Å². The van der Waals surface area contributed by atoms with Crippen molar-refractivity contribution in [3.05, 3.63) is 0 Å². The minimum atomic E-state index is 0.153. The summed E-state index contributed by atoms with van der Waals surface area (Å²) in [5.41, 5.74) is 5.62. The molecule has 0 aromatic rings. The van der Waals surface area contributed by atoms with Gasteiger partial charge in [0.1, 0.15) is 0 Å². The van der Waals surface area contributed by atoms with E-state index in [1.165, 1.54) is 0 Å². The average Bonchev–Trinajstić information content (AvgIpc) is 1.67. The number of hydrogen-bond acceptors (Lipinski definition) is 2. The molecule has 0 aromatic heterocycles. The van der Waals surface area contributed by atoms with E-state index >= 15 is 0 Å². The van der Waals surface area contributed by atoms with Crippen molar-refractivity contribution in [3.63, 3.8) is 0 Å². The maximum Gasteiger partial charge on any atom is 0.0269 e. The van der Waals surface area contributed by atoms with E-state index in [-0.39, 0.29) is 5.54 Å². The number of nitrogens with two attached hydrogens (primary N) is 1. The minimum Gasteiger partial charge on any atom is -0.329 e. The van der Waals surface area contributed by atoms with Crippen LogP contribution in [0.4, 0.5) is 0 Å². The van der Waals surface area contributed by atoms with Crippen molar-refractivity contribution in [1.82, 2.24) is 4.90 Å². The van der Waals surface area contributed by atoms with E-state index in [9.17, 15) is 0 Å². The van der Waals surface area contributed by atoms with Crippen LogP contribution in [0, 0.1) is 0 Å². The van der Waals surface area contributed by atoms with Crippen molar-refractivity contribution < 1.29 is 0 Å². The first kappa shape index (κ1) is 7.92. The highest BCUT2D eigenvalue weighted by atomic mass is 15.1. The highest BCUT2D eigenvalue weighted by molar-refractivity contribution is 4.76. The van der Waals surface area contributed by atoms with Crippen LogP contribution in [-0.4, -0.2) is 31.1 Å². The summed E-state index contributed by atoms with van der Waals surface area (Å²) < 4.78 is 0. The Bertz CT molecular complexity index is 66.9. The van der Waals surface area contributed by atoms with Gasteiger partial charge in [-0.2, -0.15) is 0 Å². The fourth-order valence-electron chi connectivity index (χ4n) is 0.183. The second-order valence-electron chi connectivity index (χ2n) is 2.91. The molecular weight excluding hydrogens is 100 g/mol. The zero-order chi connectivity index (χ0) is 6.78. The number of rotatable bonds is 2. The molecule has 0 radical (unpaired) electrons. The van der Waals surface area contributed by atoms with Gasteiger partial charge >= 0.3 is 0 Å². The molecule has 0 aromatic carbocycles. The highest BCUT2D eigenvalue weighted by Gasteiger charge is 2.16. The Morgan fingerprint density at radius 1 is 1.38 bits per heavy atom. The van der Waals surface area contributed by atoms with E-state index in [4.69, 9.17) is 5.73 Å². The van der Waals surface area contributed by atoms with Gasteiger partial charge in [0.25, 0.3) is 0 Å². The monoisotopic (exact) mass is 116 g/mol. The van der Waals surface area contributed by atoms with Crippen molar-refractivity contribution >= 4 is 0 Å². The largest absolute Gasteiger partial charge is 0.329 e. The van der Waals surface area contributed by atoms with Crippen molar-refractivity contribution in [2.75, 3.05) is 20.6 Å². The normalized spacial score (nSPS) is 12.8.